The van der Waals surface area contributed by atoms with Gasteiger partial charge in [0.2, 0.25) is 0 Å². The molecule has 0 saturated carbocycles. The maximum absolute atomic E-state index is 13.5. The minimum absolute atomic E-state index is 0.152. The Morgan fingerprint density at radius 2 is 1.97 bits per heavy atom. The number of nitrogens with zero attached hydrogens (tertiary/aromatic N) is 4. The number of amides is 1. The number of fused-ring (bicyclic) bond motifs is 1. The average molecular weight is 403 g/mol. The second kappa shape index (κ2) is 8.12. The van der Waals surface area contributed by atoms with Crippen molar-refractivity contribution in [3.8, 4) is 11.5 Å². The highest BCUT2D eigenvalue weighted by molar-refractivity contribution is 6.07. The van der Waals surface area contributed by atoms with E-state index >= 15 is 0 Å². The molecule has 0 radical (unpaired) electrons. The number of carbonyl (C=O) groups excluding carboxylic acids is 1. The fourth-order valence-corrected chi connectivity index (χ4v) is 3.70. The van der Waals surface area contributed by atoms with Crippen LogP contribution in [0.5, 0.6) is 0 Å². The molecule has 1 N–H and O–H groups in total. The summed E-state index contributed by atoms with van der Waals surface area (Å²) in [6, 6.07) is 15.3. The molecular formula is C23H25N5O2. The van der Waals surface area contributed by atoms with Crippen molar-refractivity contribution in [1.82, 2.24) is 25.0 Å². The molecule has 0 aliphatic rings. The highest BCUT2D eigenvalue weighted by atomic mass is 16.3. The minimum Gasteiger partial charge on any atom is -0.463 e. The number of aromatic nitrogens is 3. The van der Waals surface area contributed by atoms with E-state index in [4.69, 9.17) is 4.42 Å². The van der Waals surface area contributed by atoms with Gasteiger partial charge in [-0.2, -0.15) is 5.10 Å². The topological polar surface area (TPSA) is 76.2 Å². The van der Waals surface area contributed by atoms with Crippen molar-refractivity contribution >= 4 is 16.9 Å². The van der Waals surface area contributed by atoms with E-state index in [1.807, 2.05) is 64.5 Å². The van der Waals surface area contributed by atoms with E-state index in [0.29, 0.717) is 29.2 Å². The first-order chi connectivity index (χ1) is 14.4. The number of hydrogen-bond donors (Lipinski definition) is 1. The number of nitrogens with one attached hydrogen (secondary N) is 1. The van der Waals surface area contributed by atoms with Crippen LogP contribution >= 0.6 is 0 Å². The van der Waals surface area contributed by atoms with Gasteiger partial charge in [0.25, 0.3) is 5.91 Å². The van der Waals surface area contributed by atoms with Gasteiger partial charge in [-0.05, 0) is 44.8 Å². The van der Waals surface area contributed by atoms with Crippen molar-refractivity contribution in [3.63, 3.8) is 0 Å². The van der Waals surface area contributed by atoms with E-state index < -0.39 is 0 Å². The van der Waals surface area contributed by atoms with Crippen molar-refractivity contribution in [3.05, 3.63) is 71.6 Å². The first-order valence-electron chi connectivity index (χ1n) is 9.83. The van der Waals surface area contributed by atoms with Gasteiger partial charge >= 0.3 is 0 Å². The molecule has 0 spiro atoms. The SMILES string of the molecule is Cc1nn(C)c2nc(-c3ccco3)cc(C(=O)N[C@H](CN(C)C)c3ccccc3)c12. The summed E-state index contributed by atoms with van der Waals surface area (Å²) in [5.41, 5.74) is 3.61. The molecule has 4 rings (SSSR count). The van der Waals surface area contributed by atoms with Crippen LogP contribution in [0.15, 0.2) is 59.2 Å². The van der Waals surface area contributed by atoms with Gasteiger partial charge in [0, 0.05) is 13.6 Å². The second-order valence-electron chi connectivity index (χ2n) is 7.64. The molecule has 0 unspecified atom stereocenters. The van der Waals surface area contributed by atoms with E-state index in [9.17, 15) is 4.79 Å². The number of hydrogen-bond acceptors (Lipinski definition) is 5. The summed E-state index contributed by atoms with van der Waals surface area (Å²) < 4.78 is 7.22. The second-order valence-corrected chi connectivity index (χ2v) is 7.64. The number of furan rings is 1. The molecular weight excluding hydrogens is 378 g/mol. The summed E-state index contributed by atoms with van der Waals surface area (Å²) in [6.45, 7) is 2.57. The zero-order valence-electron chi connectivity index (χ0n) is 17.6. The van der Waals surface area contributed by atoms with Gasteiger partial charge < -0.3 is 14.6 Å². The van der Waals surface area contributed by atoms with Gasteiger partial charge in [-0.3, -0.25) is 9.48 Å². The summed E-state index contributed by atoms with van der Waals surface area (Å²) in [5, 5.41) is 8.43. The number of carbonyl (C=O) groups is 1. The summed E-state index contributed by atoms with van der Waals surface area (Å²) in [4.78, 5) is 20.2. The van der Waals surface area contributed by atoms with Crippen molar-refractivity contribution in [2.75, 3.05) is 20.6 Å². The zero-order valence-corrected chi connectivity index (χ0v) is 17.6. The predicted molar refractivity (Wildman–Crippen MR) is 116 cm³/mol. The molecule has 4 aromatic rings. The molecule has 3 heterocycles. The molecule has 0 bridgehead atoms. The fourth-order valence-electron chi connectivity index (χ4n) is 3.70. The lowest BCUT2D eigenvalue weighted by Crippen LogP contribution is -2.35. The molecule has 1 aromatic carbocycles. The maximum Gasteiger partial charge on any atom is 0.252 e. The molecule has 0 fully saturated rings. The number of rotatable bonds is 6. The summed E-state index contributed by atoms with van der Waals surface area (Å²) in [5.74, 6) is 0.444. The van der Waals surface area contributed by atoms with Crippen LogP contribution in [-0.2, 0) is 7.05 Å². The highest BCUT2D eigenvalue weighted by Crippen LogP contribution is 2.27. The number of aryl methyl sites for hydroxylation is 2. The Morgan fingerprint density at radius 3 is 2.63 bits per heavy atom. The van der Waals surface area contributed by atoms with Crippen LogP contribution in [0.3, 0.4) is 0 Å². The van der Waals surface area contributed by atoms with Crippen LogP contribution in [0.1, 0.15) is 27.7 Å². The predicted octanol–water partition coefficient (Wildman–Crippen LogP) is 3.57. The van der Waals surface area contributed by atoms with Crippen LogP contribution in [0, 0.1) is 6.92 Å². The third-order valence-corrected chi connectivity index (χ3v) is 5.04. The maximum atomic E-state index is 13.5. The Balaban J connectivity index is 1.78. The molecule has 7 nitrogen and oxygen atoms in total. The first kappa shape index (κ1) is 19.8. The molecule has 3 aromatic heterocycles. The van der Waals surface area contributed by atoms with Gasteiger partial charge in [-0.1, -0.05) is 30.3 Å². The normalized spacial score (nSPS) is 12.4. The summed E-state index contributed by atoms with van der Waals surface area (Å²) in [7, 11) is 5.81. The molecule has 0 saturated heterocycles. The molecule has 0 aliphatic carbocycles. The number of likely N-dealkylation sites (N-methyl/N-ethyl adjacent to an activating group) is 1. The van der Waals surface area contributed by atoms with Crippen LogP contribution in [0.4, 0.5) is 0 Å². The van der Waals surface area contributed by atoms with E-state index in [0.717, 1.165) is 16.6 Å². The average Bonchev–Trinajstić information content (AvgIpc) is 3.36. The van der Waals surface area contributed by atoms with Crippen molar-refractivity contribution < 1.29 is 9.21 Å². The van der Waals surface area contributed by atoms with Crippen LogP contribution in [-0.4, -0.2) is 46.2 Å². The van der Waals surface area contributed by atoms with Crippen LogP contribution < -0.4 is 5.32 Å². The Hall–Kier alpha value is -3.45. The number of pyridine rings is 1. The van der Waals surface area contributed by atoms with E-state index in [-0.39, 0.29) is 11.9 Å². The molecule has 1 amide bonds. The first-order valence-corrected chi connectivity index (χ1v) is 9.83. The number of benzene rings is 1. The Bertz CT molecular complexity index is 1160. The van der Waals surface area contributed by atoms with Gasteiger partial charge in [-0.25, -0.2) is 4.98 Å². The lowest BCUT2D eigenvalue weighted by atomic mass is 10.0. The Morgan fingerprint density at radius 1 is 1.20 bits per heavy atom. The van der Waals surface area contributed by atoms with Gasteiger partial charge in [0.15, 0.2) is 11.4 Å². The van der Waals surface area contributed by atoms with E-state index in [2.05, 4.69) is 20.3 Å². The highest BCUT2D eigenvalue weighted by Gasteiger charge is 2.23. The molecule has 30 heavy (non-hydrogen) atoms. The summed E-state index contributed by atoms with van der Waals surface area (Å²) in [6.07, 6.45) is 1.60. The van der Waals surface area contributed by atoms with Gasteiger partial charge in [0.05, 0.1) is 28.9 Å². The third kappa shape index (κ3) is 3.84. The van der Waals surface area contributed by atoms with Crippen LogP contribution in [0.25, 0.3) is 22.5 Å². The largest absolute Gasteiger partial charge is 0.463 e. The molecule has 7 heteroatoms. The minimum atomic E-state index is -0.165. The molecule has 154 valence electrons. The lowest BCUT2D eigenvalue weighted by molar-refractivity contribution is 0.0931. The van der Waals surface area contributed by atoms with Crippen molar-refractivity contribution in [2.24, 2.45) is 7.05 Å². The quantitative estimate of drug-likeness (QED) is 0.533. The van der Waals surface area contributed by atoms with E-state index in [1.54, 1.807) is 23.1 Å². The summed E-state index contributed by atoms with van der Waals surface area (Å²) >= 11 is 0. The Kier molecular flexibility index (Phi) is 5.37. The van der Waals surface area contributed by atoms with Gasteiger partial charge in [-0.15, -0.1) is 0 Å². The third-order valence-electron chi connectivity index (χ3n) is 5.04. The fraction of sp³-hybridized carbons (Fsp3) is 0.261. The smallest absolute Gasteiger partial charge is 0.252 e. The standard InChI is InChI=1S/C23H25N5O2/c1-15-21-17(13-18(20-11-8-12-30-20)24-22(21)28(4)26-15)23(29)25-19(14-27(2)3)16-9-6-5-7-10-16/h5-13,19H,14H2,1-4H3,(H,25,29)/t19-/m1/s1. The lowest BCUT2D eigenvalue weighted by Gasteiger charge is -2.23. The monoisotopic (exact) mass is 403 g/mol. The molecule has 1 atom stereocenters. The Labute approximate surface area is 175 Å². The van der Waals surface area contributed by atoms with E-state index in [1.165, 1.54) is 0 Å². The van der Waals surface area contributed by atoms with Crippen LogP contribution in [0.2, 0.25) is 0 Å². The van der Waals surface area contributed by atoms with Crippen molar-refractivity contribution in [2.45, 2.75) is 13.0 Å². The van der Waals surface area contributed by atoms with Crippen molar-refractivity contribution in [1.29, 1.82) is 0 Å². The zero-order chi connectivity index (χ0) is 21.3. The van der Waals surface area contributed by atoms with Gasteiger partial charge in [0.1, 0.15) is 5.69 Å². The molecule has 0 aliphatic heterocycles.